The molecule has 98 valence electrons. The number of nitrogens with one attached hydrogen (secondary N) is 1. The molecule has 0 radical (unpaired) electrons. The van der Waals surface area contributed by atoms with E-state index in [4.69, 9.17) is 5.73 Å². The molecule has 1 atom stereocenters. The Balaban J connectivity index is 1.83. The summed E-state index contributed by atoms with van der Waals surface area (Å²) in [5.41, 5.74) is 5.61. The van der Waals surface area contributed by atoms with Gasteiger partial charge in [-0.1, -0.05) is 19.3 Å². The predicted molar refractivity (Wildman–Crippen MR) is 73.1 cm³/mol. The van der Waals surface area contributed by atoms with Crippen molar-refractivity contribution in [2.45, 2.75) is 50.2 Å². The molecule has 1 aliphatic heterocycles. The summed E-state index contributed by atoms with van der Waals surface area (Å²) < 4.78 is 0. The summed E-state index contributed by atoms with van der Waals surface area (Å²) in [4.78, 5) is 12.3. The van der Waals surface area contributed by atoms with Crippen LogP contribution in [0, 0.1) is 5.41 Å². The van der Waals surface area contributed by atoms with Crippen LogP contribution in [0.4, 0.5) is 0 Å². The molecule has 3 nitrogen and oxygen atoms in total. The van der Waals surface area contributed by atoms with Gasteiger partial charge in [-0.05, 0) is 31.4 Å². The van der Waals surface area contributed by atoms with Gasteiger partial charge in [-0.15, -0.1) is 0 Å². The lowest BCUT2D eigenvalue weighted by atomic mass is 9.73. The van der Waals surface area contributed by atoms with Crippen LogP contribution in [0.3, 0.4) is 0 Å². The molecular weight excluding hydrogens is 232 g/mol. The maximum atomic E-state index is 12.3. The van der Waals surface area contributed by atoms with E-state index < -0.39 is 0 Å². The van der Waals surface area contributed by atoms with E-state index in [9.17, 15) is 4.79 Å². The number of hydrogen-bond acceptors (Lipinski definition) is 3. The second-order valence-electron chi connectivity index (χ2n) is 5.39. The normalized spacial score (nSPS) is 27.9. The third kappa shape index (κ3) is 3.16. The van der Waals surface area contributed by atoms with Crippen molar-refractivity contribution < 1.29 is 4.79 Å². The number of carbonyl (C=O) groups is 1. The summed E-state index contributed by atoms with van der Waals surface area (Å²) >= 11 is 1.99. The van der Waals surface area contributed by atoms with Crippen LogP contribution in [0.15, 0.2) is 0 Å². The Bertz CT molecular complexity index is 258. The van der Waals surface area contributed by atoms with Gasteiger partial charge in [0.25, 0.3) is 0 Å². The largest absolute Gasteiger partial charge is 0.354 e. The van der Waals surface area contributed by atoms with Crippen LogP contribution in [0.2, 0.25) is 0 Å². The van der Waals surface area contributed by atoms with Gasteiger partial charge in [0.1, 0.15) is 0 Å². The topological polar surface area (TPSA) is 55.1 Å². The molecule has 0 aromatic rings. The third-order valence-corrected chi connectivity index (χ3v) is 5.60. The highest BCUT2D eigenvalue weighted by Gasteiger charge is 2.38. The fourth-order valence-corrected chi connectivity index (χ4v) is 4.15. The summed E-state index contributed by atoms with van der Waals surface area (Å²) in [6.07, 6.45) is 8.08. The maximum absolute atomic E-state index is 12.3. The summed E-state index contributed by atoms with van der Waals surface area (Å²) in [6.45, 7) is 1.35. The van der Waals surface area contributed by atoms with Crippen molar-refractivity contribution >= 4 is 17.7 Å². The molecule has 3 N–H and O–H groups in total. The minimum atomic E-state index is -0.248. The zero-order valence-electron chi connectivity index (χ0n) is 10.5. The summed E-state index contributed by atoms with van der Waals surface area (Å²) in [7, 11) is 0. The van der Waals surface area contributed by atoms with Crippen LogP contribution in [0.1, 0.15) is 44.9 Å². The molecule has 4 heteroatoms. The average Bonchev–Trinajstić information content (AvgIpc) is 2.90. The molecule has 17 heavy (non-hydrogen) atoms. The van der Waals surface area contributed by atoms with Crippen molar-refractivity contribution in [3.05, 3.63) is 0 Å². The molecule has 2 fully saturated rings. The van der Waals surface area contributed by atoms with E-state index in [1.165, 1.54) is 25.0 Å². The molecule has 0 spiro atoms. The van der Waals surface area contributed by atoms with Crippen LogP contribution in [0.25, 0.3) is 0 Å². The van der Waals surface area contributed by atoms with Crippen molar-refractivity contribution in [3.8, 4) is 0 Å². The van der Waals surface area contributed by atoms with E-state index in [1.807, 2.05) is 11.8 Å². The quantitative estimate of drug-likeness (QED) is 0.808. The molecule has 1 saturated carbocycles. The number of hydrogen-bond donors (Lipinski definition) is 2. The molecule has 1 unspecified atom stereocenters. The zero-order chi connectivity index (χ0) is 12.1. The summed E-state index contributed by atoms with van der Waals surface area (Å²) in [5, 5.41) is 3.78. The number of rotatable bonds is 4. The molecular formula is C13H24N2OS. The summed E-state index contributed by atoms with van der Waals surface area (Å²) in [6, 6.07) is 0. The molecule has 1 aliphatic carbocycles. The average molecular weight is 256 g/mol. The highest BCUT2D eigenvalue weighted by Crippen LogP contribution is 2.35. The second-order valence-corrected chi connectivity index (χ2v) is 6.80. The number of nitrogens with two attached hydrogens (primary N) is 1. The number of thioether (sulfide) groups is 1. The lowest BCUT2D eigenvalue weighted by molar-refractivity contribution is -0.132. The van der Waals surface area contributed by atoms with Gasteiger partial charge in [-0.25, -0.2) is 0 Å². The van der Waals surface area contributed by atoms with Gasteiger partial charge in [-0.3, -0.25) is 4.79 Å². The van der Waals surface area contributed by atoms with Gasteiger partial charge in [0.15, 0.2) is 0 Å². The Kier molecular flexibility index (Phi) is 4.74. The lowest BCUT2D eigenvalue weighted by Crippen LogP contribution is -2.48. The Hall–Kier alpha value is -0.220. The monoisotopic (exact) mass is 256 g/mol. The van der Waals surface area contributed by atoms with E-state index in [0.29, 0.717) is 11.8 Å². The van der Waals surface area contributed by atoms with Crippen LogP contribution in [-0.4, -0.2) is 30.0 Å². The first-order chi connectivity index (χ1) is 8.27. The van der Waals surface area contributed by atoms with Crippen molar-refractivity contribution in [1.29, 1.82) is 0 Å². The van der Waals surface area contributed by atoms with Crippen molar-refractivity contribution in [3.63, 3.8) is 0 Å². The van der Waals surface area contributed by atoms with Crippen molar-refractivity contribution in [1.82, 2.24) is 5.32 Å². The molecule has 2 aliphatic rings. The predicted octanol–water partition coefficient (Wildman–Crippen LogP) is 1.91. The highest BCUT2D eigenvalue weighted by atomic mass is 32.2. The summed E-state index contributed by atoms with van der Waals surface area (Å²) in [5.74, 6) is 1.47. The van der Waals surface area contributed by atoms with Crippen molar-refractivity contribution in [2.75, 3.05) is 18.8 Å². The zero-order valence-corrected chi connectivity index (χ0v) is 11.4. The molecule has 1 heterocycles. The first-order valence-corrected chi connectivity index (χ1v) is 7.92. The lowest BCUT2D eigenvalue weighted by Gasteiger charge is -2.34. The van der Waals surface area contributed by atoms with E-state index in [1.54, 1.807) is 0 Å². The number of carbonyl (C=O) groups excluding carboxylic acids is 1. The fraction of sp³-hybridized carbons (Fsp3) is 0.923. The van der Waals surface area contributed by atoms with Gasteiger partial charge in [-0.2, -0.15) is 11.8 Å². The number of amides is 1. The van der Waals surface area contributed by atoms with E-state index >= 15 is 0 Å². The Morgan fingerprint density at radius 3 is 2.65 bits per heavy atom. The SMILES string of the molecule is NCC1(C(=O)NCC2CCCS2)CCCCC1. The molecule has 1 amide bonds. The second kappa shape index (κ2) is 6.10. The van der Waals surface area contributed by atoms with Crippen LogP contribution < -0.4 is 11.1 Å². The van der Waals surface area contributed by atoms with Crippen LogP contribution in [0.5, 0.6) is 0 Å². The van der Waals surface area contributed by atoms with E-state index in [0.717, 1.165) is 32.2 Å². The minimum Gasteiger partial charge on any atom is -0.354 e. The molecule has 0 aromatic carbocycles. The van der Waals surface area contributed by atoms with Crippen molar-refractivity contribution in [2.24, 2.45) is 11.1 Å². The Morgan fingerprint density at radius 2 is 2.06 bits per heavy atom. The first-order valence-electron chi connectivity index (χ1n) is 6.87. The Morgan fingerprint density at radius 1 is 1.29 bits per heavy atom. The molecule has 0 aromatic heterocycles. The van der Waals surface area contributed by atoms with Crippen LogP contribution >= 0.6 is 11.8 Å². The smallest absolute Gasteiger partial charge is 0.227 e. The van der Waals surface area contributed by atoms with Gasteiger partial charge in [0.05, 0.1) is 5.41 Å². The third-order valence-electron chi connectivity index (χ3n) is 4.20. The molecule has 2 rings (SSSR count). The molecule has 0 bridgehead atoms. The van der Waals surface area contributed by atoms with E-state index in [-0.39, 0.29) is 11.3 Å². The standard InChI is InChI=1S/C13H24N2OS/c14-10-13(6-2-1-3-7-13)12(16)15-9-11-5-4-8-17-11/h11H,1-10,14H2,(H,15,16). The first kappa shape index (κ1) is 13.2. The minimum absolute atomic E-state index is 0.215. The van der Waals surface area contributed by atoms with Gasteiger partial charge in [0.2, 0.25) is 5.91 Å². The van der Waals surface area contributed by atoms with E-state index in [2.05, 4.69) is 5.32 Å². The van der Waals surface area contributed by atoms with Gasteiger partial charge in [0, 0.05) is 18.3 Å². The molecule has 1 saturated heterocycles. The van der Waals surface area contributed by atoms with Gasteiger partial charge >= 0.3 is 0 Å². The Labute approximate surface area is 108 Å². The van der Waals surface area contributed by atoms with Gasteiger partial charge < -0.3 is 11.1 Å². The maximum Gasteiger partial charge on any atom is 0.227 e. The fourth-order valence-electron chi connectivity index (χ4n) is 2.95. The van der Waals surface area contributed by atoms with Crippen LogP contribution in [-0.2, 0) is 4.79 Å². The highest BCUT2D eigenvalue weighted by molar-refractivity contribution is 8.00.